The van der Waals surface area contributed by atoms with Crippen molar-refractivity contribution in [1.82, 2.24) is 5.32 Å². The van der Waals surface area contributed by atoms with Gasteiger partial charge in [0.2, 0.25) is 0 Å². The molecule has 1 heterocycles. The van der Waals surface area contributed by atoms with Crippen molar-refractivity contribution in [3.05, 3.63) is 0 Å². The second-order valence-electron chi connectivity index (χ2n) is 6.20. The standard InChI is InChI=1S/C15H31NO2/c1-6-9-16-14(7-8-15(3,4)17-5)13-10-12(2)18-11-13/h12-14,16H,6-11H2,1-5H3. The molecule has 1 aliphatic rings. The Bertz CT molecular complexity index is 231. The molecular weight excluding hydrogens is 226 g/mol. The zero-order valence-electron chi connectivity index (χ0n) is 12.8. The van der Waals surface area contributed by atoms with Gasteiger partial charge in [-0.15, -0.1) is 0 Å². The highest BCUT2D eigenvalue weighted by atomic mass is 16.5. The Morgan fingerprint density at radius 2 is 2.17 bits per heavy atom. The average Bonchev–Trinajstić information content (AvgIpc) is 2.76. The summed E-state index contributed by atoms with van der Waals surface area (Å²) in [4.78, 5) is 0. The highest BCUT2D eigenvalue weighted by Gasteiger charge is 2.30. The van der Waals surface area contributed by atoms with Crippen molar-refractivity contribution in [3.8, 4) is 0 Å². The van der Waals surface area contributed by atoms with Crippen LogP contribution in [0.3, 0.4) is 0 Å². The Hall–Kier alpha value is -0.120. The van der Waals surface area contributed by atoms with Gasteiger partial charge in [0.15, 0.2) is 0 Å². The molecule has 3 nitrogen and oxygen atoms in total. The summed E-state index contributed by atoms with van der Waals surface area (Å²) in [6.45, 7) is 10.7. The predicted molar refractivity (Wildman–Crippen MR) is 75.9 cm³/mol. The van der Waals surface area contributed by atoms with Gasteiger partial charge in [0.1, 0.15) is 0 Å². The molecule has 1 fully saturated rings. The number of ether oxygens (including phenoxy) is 2. The van der Waals surface area contributed by atoms with Crippen LogP contribution in [0.4, 0.5) is 0 Å². The summed E-state index contributed by atoms with van der Waals surface area (Å²) < 4.78 is 11.2. The molecule has 0 amide bonds. The third kappa shape index (κ3) is 5.25. The van der Waals surface area contributed by atoms with Crippen molar-refractivity contribution in [2.75, 3.05) is 20.3 Å². The zero-order valence-corrected chi connectivity index (χ0v) is 12.8. The van der Waals surface area contributed by atoms with Gasteiger partial charge in [-0.3, -0.25) is 0 Å². The van der Waals surface area contributed by atoms with Crippen LogP contribution in [-0.4, -0.2) is 38.0 Å². The van der Waals surface area contributed by atoms with Gasteiger partial charge in [-0.2, -0.15) is 0 Å². The van der Waals surface area contributed by atoms with Gasteiger partial charge < -0.3 is 14.8 Å². The molecule has 1 N–H and O–H groups in total. The smallest absolute Gasteiger partial charge is 0.0623 e. The van der Waals surface area contributed by atoms with E-state index in [4.69, 9.17) is 9.47 Å². The first-order valence-electron chi connectivity index (χ1n) is 7.38. The first-order valence-corrected chi connectivity index (χ1v) is 7.38. The first kappa shape index (κ1) is 15.9. The molecule has 0 aromatic rings. The summed E-state index contributed by atoms with van der Waals surface area (Å²) in [6.07, 6.45) is 5.07. The molecule has 1 aliphatic heterocycles. The molecule has 0 aromatic heterocycles. The summed E-state index contributed by atoms with van der Waals surface area (Å²) >= 11 is 0. The fourth-order valence-corrected chi connectivity index (χ4v) is 2.57. The van der Waals surface area contributed by atoms with Gasteiger partial charge in [0.05, 0.1) is 18.3 Å². The number of nitrogens with one attached hydrogen (secondary N) is 1. The van der Waals surface area contributed by atoms with Crippen molar-refractivity contribution in [2.45, 2.75) is 71.1 Å². The van der Waals surface area contributed by atoms with Crippen LogP contribution in [-0.2, 0) is 9.47 Å². The number of hydrogen-bond acceptors (Lipinski definition) is 3. The maximum absolute atomic E-state index is 5.71. The highest BCUT2D eigenvalue weighted by Crippen LogP contribution is 2.27. The van der Waals surface area contributed by atoms with Crippen molar-refractivity contribution in [3.63, 3.8) is 0 Å². The van der Waals surface area contributed by atoms with Crippen LogP contribution in [0.25, 0.3) is 0 Å². The molecule has 0 radical (unpaired) electrons. The summed E-state index contributed by atoms with van der Waals surface area (Å²) in [5.74, 6) is 0.666. The topological polar surface area (TPSA) is 30.5 Å². The van der Waals surface area contributed by atoms with Crippen molar-refractivity contribution >= 4 is 0 Å². The molecule has 3 heteroatoms. The maximum atomic E-state index is 5.71. The van der Waals surface area contributed by atoms with Crippen molar-refractivity contribution in [1.29, 1.82) is 0 Å². The summed E-state index contributed by atoms with van der Waals surface area (Å²) in [5, 5.41) is 3.69. The lowest BCUT2D eigenvalue weighted by molar-refractivity contribution is 0.00990. The lowest BCUT2D eigenvalue weighted by Crippen LogP contribution is -2.39. The van der Waals surface area contributed by atoms with Crippen LogP contribution in [0, 0.1) is 5.92 Å². The van der Waals surface area contributed by atoms with E-state index in [1.54, 1.807) is 7.11 Å². The third-order valence-electron chi connectivity index (χ3n) is 4.07. The Morgan fingerprint density at radius 1 is 1.44 bits per heavy atom. The maximum Gasteiger partial charge on any atom is 0.0623 e. The normalized spacial score (nSPS) is 26.5. The Balaban J connectivity index is 2.45. The first-order chi connectivity index (χ1) is 8.48. The fourth-order valence-electron chi connectivity index (χ4n) is 2.57. The van der Waals surface area contributed by atoms with Gasteiger partial charge in [0, 0.05) is 19.1 Å². The minimum absolute atomic E-state index is 0.0166. The van der Waals surface area contributed by atoms with Gasteiger partial charge in [-0.25, -0.2) is 0 Å². The van der Waals surface area contributed by atoms with E-state index in [1.807, 2.05) is 0 Å². The zero-order chi connectivity index (χ0) is 13.6. The van der Waals surface area contributed by atoms with Crippen LogP contribution >= 0.6 is 0 Å². The van der Waals surface area contributed by atoms with E-state index >= 15 is 0 Å². The molecule has 0 aromatic carbocycles. The van der Waals surface area contributed by atoms with Crippen LogP contribution in [0.5, 0.6) is 0 Å². The van der Waals surface area contributed by atoms with Gasteiger partial charge in [-0.1, -0.05) is 6.92 Å². The highest BCUT2D eigenvalue weighted by molar-refractivity contribution is 4.84. The summed E-state index contributed by atoms with van der Waals surface area (Å²) in [5.41, 5.74) is -0.0166. The van der Waals surface area contributed by atoms with Gasteiger partial charge in [-0.05, 0) is 53.0 Å². The molecule has 0 saturated carbocycles. The lowest BCUT2D eigenvalue weighted by Gasteiger charge is -2.29. The van der Waals surface area contributed by atoms with Crippen molar-refractivity contribution < 1.29 is 9.47 Å². The molecule has 3 unspecified atom stereocenters. The molecule has 1 saturated heterocycles. The second kappa shape index (κ2) is 7.46. The molecule has 1 rings (SSSR count). The number of hydrogen-bond donors (Lipinski definition) is 1. The quantitative estimate of drug-likeness (QED) is 0.725. The molecule has 18 heavy (non-hydrogen) atoms. The SMILES string of the molecule is CCCNC(CCC(C)(C)OC)C1COC(C)C1. The van der Waals surface area contributed by atoms with E-state index in [0.717, 1.165) is 19.6 Å². The molecule has 108 valence electrons. The molecule has 0 aliphatic carbocycles. The molecule has 0 bridgehead atoms. The van der Waals surface area contributed by atoms with E-state index in [0.29, 0.717) is 18.1 Å². The van der Waals surface area contributed by atoms with E-state index in [2.05, 4.69) is 33.0 Å². The van der Waals surface area contributed by atoms with Crippen LogP contribution in [0.1, 0.15) is 53.4 Å². The van der Waals surface area contributed by atoms with E-state index in [-0.39, 0.29) is 5.60 Å². The van der Waals surface area contributed by atoms with E-state index in [1.165, 1.54) is 19.3 Å². The minimum Gasteiger partial charge on any atom is -0.379 e. The van der Waals surface area contributed by atoms with Gasteiger partial charge in [0.25, 0.3) is 0 Å². The van der Waals surface area contributed by atoms with Crippen molar-refractivity contribution in [2.24, 2.45) is 5.92 Å². The third-order valence-corrected chi connectivity index (χ3v) is 4.07. The fraction of sp³-hybridized carbons (Fsp3) is 1.00. The summed E-state index contributed by atoms with van der Waals surface area (Å²) in [7, 11) is 1.80. The minimum atomic E-state index is -0.0166. The van der Waals surface area contributed by atoms with Gasteiger partial charge >= 0.3 is 0 Å². The van der Waals surface area contributed by atoms with Crippen LogP contribution in [0.2, 0.25) is 0 Å². The summed E-state index contributed by atoms with van der Waals surface area (Å²) in [6, 6.07) is 0.573. The Kier molecular flexibility index (Phi) is 6.61. The molecular formula is C15H31NO2. The van der Waals surface area contributed by atoms with E-state index < -0.39 is 0 Å². The second-order valence-corrected chi connectivity index (χ2v) is 6.20. The molecule has 0 spiro atoms. The largest absolute Gasteiger partial charge is 0.379 e. The number of rotatable bonds is 8. The average molecular weight is 257 g/mol. The number of methoxy groups -OCH3 is 1. The Labute approximate surface area is 113 Å². The van der Waals surface area contributed by atoms with E-state index in [9.17, 15) is 0 Å². The Morgan fingerprint density at radius 3 is 2.67 bits per heavy atom. The molecule has 3 atom stereocenters. The lowest BCUT2D eigenvalue weighted by atomic mass is 9.89. The van der Waals surface area contributed by atoms with Crippen LogP contribution in [0.15, 0.2) is 0 Å². The van der Waals surface area contributed by atoms with Crippen LogP contribution < -0.4 is 5.32 Å². The monoisotopic (exact) mass is 257 g/mol. The predicted octanol–water partition coefficient (Wildman–Crippen LogP) is 2.98.